The van der Waals surface area contributed by atoms with E-state index >= 15 is 0 Å². The first-order valence-electron chi connectivity index (χ1n) is 25.6. The zero-order valence-corrected chi connectivity index (χ0v) is 38.7. The zero-order chi connectivity index (χ0) is 39.3. The largest absolute Gasteiger partial charge is 0.363 e. The maximum Gasteiger partial charge on any atom is 0.0424 e. The van der Waals surface area contributed by atoms with Gasteiger partial charge in [-0.1, -0.05) is 160 Å². The van der Waals surface area contributed by atoms with Gasteiger partial charge in [-0.25, -0.2) is 0 Å². The van der Waals surface area contributed by atoms with Crippen LogP contribution in [-0.4, -0.2) is 45.2 Å². The van der Waals surface area contributed by atoms with Gasteiger partial charge in [-0.2, -0.15) is 0 Å². The van der Waals surface area contributed by atoms with Gasteiger partial charge in [0.25, 0.3) is 0 Å². The van der Waals surface area contributed by atoms with E-state index in [1.165, 1.54) is 186 Å². The van der Waals surface area contributed by atoms with Crippen LogP contribution in [0.15, 0.2) is 48.5 Å². The highest BCUT2D eigenvalue weighted by molar-refractivity contribution is 8.04. The third-order valence-electron chi connectivity index (χ3n) is 17.3. The van der Waals surface area contributed by atoms with E-state index in [-0.39, 0.29) is 5.41 Å². The molecule has 0 bridgehead atoms. The normalized spacial score (nSPS) is 34.1. The van der Waals surface area contributed by atoms with Crippen LogP contribution in [0.2, 0.25) is 0 Å². The molecule has 2 aliphatic heterocycles. The fourth-order valence-electron chi connectivity index (χ4n) is 13.9. The summed E-state index contributed by atoms with van der Waals surface area (Å²) in [5.41, 5.74) is 6.58. The quantitative estimate of drug-likeness (QED) is 0.296. The number of thioether (sulfide) groups is 2. The smallest absolute Gasteiger partial charge is 0.0424 e. The second kappa shape index (κ2) is 19.8. The lowest BCUT2D eigenvalue weighted by Crippen LogP contribution is -2.69. The summed E-state index contributed by atoms with van der Waals surface area (Å²) in [6.07, 6.45) is 41.3. The lowest BCUT2D eigenvalue weighted by molar-refractivity contribution is 0.266. The van der Waals surface area contributed by atoms with Gasteiger partial charge in [-0.05, 0) is 117 Å². The Bertz CT molecular complexity index is 1530. The number of hydrogen-bond donors (Lipinski definition) is 0. The number of hydrogen-bond acceptors (Lipinski definition) is 4. The van der Waals surface area contributed by atoms with Gasteiger partial charge in [-0.3, -0.25) is 0 Å². The molecule has 2 heterocycles. The van der Waals surface area contributed by atoms with Crippen molar-refractivity contribution >= 4 is 34.9 Å². The van der Waals surface area contributed by atoms with Gasteiger partial charge in [0.2, 0.25) is 0 Å². The molecule has 7 aliphatic rings. The van der Waals surface area contributed by atoms with Gasteiger partial charge < -0.3 is 9.80 Å². The minimum Gasteiger partial charge on any atom is -0.363 e. The Morgan fingerprint density at radius 3 is 1.24 bits per heavy atom. The van der Waals surface area contributed by atoms with E-state index in [9.17, 15) is 0 Å². The molecule has 0 amide bonds. The zero-order valence-electron chi connectivity index (χ0n) is 37.1. The van der Waals surface area contributed by atoms with E-state index in [0.29, 0.717) is 18.1 Å². The van der Waals surface area contributed by atoms with Gasteiger partial charge in [-0.15, -0.1) is 23.5 Å². The molecule has 2 aromatic carbocycles. The van der Waals surface area contributed by atoms with E-state index in [2.05, 4.69) is 95.7 Å². The van der Waals surface area contributed by atoms with Crippen LogP contribution in [-0.2, 0) is 5.41 Å². The standard InChI is InChI=1S/C54H82N2S2/c1-54(2,42-24-16-12-8-3-4-9-13-17-25-42)43-32-36-45(37-33-43)56-47-27-19-21-29-51(47)58-53-49(56)39-38-48-52(53)57-50-28-20-18-26-46(50)55(48)44-34-30-41(31-35-44)40-22-14-10-6-5-7-11-15-23-40/h30-37,40,42,46-53H,3-29,38-39H2,1-2H3. The van der Waals surface area contributed by atoms with Crippen LogP contribution < -0.4 is 9.80 Å². The maximum absolute atomic E-state index is 3.08. The summed E-state index contributed by atoms with van der Waals surface area (Å²) in [5.74, 6) is 1.56. The fourth-order valence-corrected chi connectivity index (χ4v) is 18.1. The molecule has 7 fully saturated rings. The monoisotopic (exact) mass is 823 g/mol. The molecule has 4 heteroatoms. The molecule has 2 aromatic rings. The fraction of sp³-hybridized carbons (Fsp3) is 0.778. The Balaban J connectivity index is 0.963. The summed E-state index contributed by atoms with van der Waals surface area (Å²) >= 11 is 4.99. The Hall–Kier alpha value is -1.26. The number of benzene rings is 2. The SMILES string of the molecule is CC(C)(c1ccc(N2C3CCCCC3SC3C4SC5CCCCC5N(c5ccc(C6CCCCCCCCC6)cc5)C4CCC32)cc1)C1CCCCCCCCCC1. The Labute approximate surface area is 365 Å². The molecule has 8 unspecified atom stereocenters. The molecule has 5 aliphatic carbocycles. The van der Waals surface area contributed by atoms with E-state index in [4.69, 9.17) is 0 Å². The molecule has 2 nitrogen and oxygen atoms in total. The van der Waals surface area contributed by atoms with Crippen LogP contribution in [0.5, 0.6) is 0 Å². The summed E-state index contributed by atoms with van der Waals surface area (Å²) in [4.78, 5) is 6.16. The summed E-state index contributed by atoms with van der Waals surface area (Å²) in [6, 6.07) is 23.6. The van der Waals surface area contributed by atoms with E-state index in [1.807, 2.05) is 0 Å². The van der Waals surface area contributed by atoms with Gasteiger partial charge >= 0.3 is 0 Å². The second-order valence-corrected chi connectivity index (χ2v) is 24.1. The first-order valence-corrected chi connectivity index (χ1v) is 27.5. The number of nitrogens with zero attached hydrogens (tertiary/aromatic N) is 2. The molecule has 9 rings (SSSR count). The van der Waals surface area contributed by atoms with Crippen LogP contribution in [0.3, 0.4) is 0 Å². The van der Waals surface area contributed by atoms with E-state index in [0.717, 1.165) is 38.9 Å². The average molecular weight is 823 g/mol. The van der Waals surface area contributed by atoms with Crippen LogP contribution in [0.25, 0.3) is 0 Å². The molecule has 2 saturated heterocycles. The number of anilines is 2. The topological polar surface area (TPSA) is 6.48 Å². The minimum atomic E-state index is 0.239. The molecule has 8 atom stereocenters. The van der Waals surface area contributed by atoms with E-state index < -0.39 is 0 Å². The van der Waals surface area contributed by atoms with Crippen LogP contribution >= 0.6 is 23.5 Å². The van der Waals surface area contributed by atoms with Crippen molar-refractivity contribution in [3.63, 3.8) is 0 Å². The summed E-state index contributed by atoms with van der Waals surface area (Å²) in [6.45, 7) is 5.19. The van der Waals surface area contributed by atoms with Crippen LogP contribution in [0.4, 0.5) is 11.4 Å². The number of fused-ring (bicyclic) bond motifs is 5. The van der Waals surface area contributed by atoms with Crippen molar-refractivity contribution < 1.29 is 0 Å². The van der Waals surface area contributed by atoms with E-state index in [1.54, 1.807) is 22.5 Å². The molecular weight excluding hydrogens is 741 g/mol. The third-order valence-corrected chi connectivity index (χ3v) is 21.1. The highest BCUT2D eigenvalue weighted by Crippen LogP contribution is 2.56. The minimum absolute atomic E-state index is 0.239. The van der Waals surface area contributed by atoms with Crippen molar-refractivity contribution in [3.8, 4) is 0 Å². The lowest BCUT2D eigenvalue weighted by Gasteiger charge is -2.62. The average Bonchev–Trinajstić information content (AvgIpc) is 3.33. The van der Waals surface area contributed by atoms with Crippen LogP contribution in [0.1, 0.15) is 217 Å². The van der Waals surface area contributed by atoms with Crippen molar-refractivity contribution in [2.75, 3.05) is 9.80 Å². The molecule has 320 valence electrons. The first kappa shape index (κ1) is 42.1. The van der Waals surface area contributed by atoms with Crippen molar-refractivity contribution in [2.24, 2.45) is 5.92 Å². The third kappa shape index (κ3) is 9.25. The van der Waals surface area contributed by atoms with Crippen molar-refractivity contribution in [1.29, 1.82) is 0 Å². The molecule has 0 N–H and O–H groups in total. The highest BCUT2D eigenvalue weighted by Gasteiger charge is 2.56. The maximum atomic E-state index is 3.08. The summed E-state index contributed by atoms with van der Waals surface area (Å²) in [5, 5.41) is 3.02. The van der Waals surface area contributed by atoms with Crippen molar-refractivity contribution in [3.05, 3.63) is 59.7 Å². The summed E-state index contributed by atoms with van der Waals surface area (Å²) < 4.78 is 0. The Morgan fingerprint density at radius 2 is 0.776 bits per heavy atom. The second-order valence-electron chi connectivity index (χ2n) is 21.2. The molecule has 58 heavy (non-hydrogen) atoms. The molecular formula is C54H82N2S2. The van der Waals surface area contributed by atoms with Gasteiger partial charge in [0, 0.05) is 56.5 Å². The Kier molecular flexibility index (Phi) is 14.4. The molecule has 0 aromatic heterocycles. The predicted molar refractivity (Wildman–Crippen MR) is 256 cm³/mol. The van der Waals surface area contributed by atoms with Gasteiger partial charge in [0.15, 0.2) is 0 Å². The Morgan fingerprint density at radius 1 is 0.397 bits per heavy atom. The molecule has 5 saturated carbocycles. The van der Waals surface area contributed by atoms with Crippen molar-refractivity contribution in [1.82, 2.24) is 0 Å². The molecule has 0 spiro atoms. The van der Waals surface area contributed by atoms with Gasteiger partial charge in [0.05, 0.1) is 0 Å². The summed E-state index contributed by atoms with van der Waals surface area (Å²) in [7, 11) is 0. The van der Waals surface area contributed by atoms with Gasteiger partial charge in [0.1, 0.15) is 0 Å². The van der Waals surface area contributed by atoms with Crippen LogP contribution in [0, 0.1) is 5.92 Å². The lowest BCUT2D eigenvalue weighted by atomic mass is 9.69. The number of rotatable bonds is 5. The van der Waals surface area contributed by atoms with Crippen molar-refractivity contribution in [2.45, 2.75) is 257 Å². The predicted octanol–water partition coefficient (Wildman–Crippen LogP) is 15.8. The highest BCUT2D eigenvalue weighted by atomic mass is 32.2. The molecule has 0 radical (unpaired) electrons. The first-order chi connectivity index (χ1) is 28.6.